The molecule has 0 aliphatic heterocycles. The number of phosphoric acid groups is 1. The van der Waals surface area contributed by atoms with Crippen molar-refractivity contribution in [1.82, 2.24) is 0 Å². The number of carbonyl (C=O) groups excluding carboxylic acids is 2. The molecule has 0 aromatic carbocycles. The van der Waals surface area contributed by atoms with Gasteiger partial charge in [-0.25, -0.2) is 4.57 Å². The van der Waals surface area contributed by atoms with Crippen LogP contribution in [0.1, 0.15) is 239 Å². The summed E-state index contributed by atoms with van der Waals surface area (Å²) in [7, 11) is -4.75. The van der Waals surface area contributed by atoms with Gasteiger partial charge in [0.1, 0.15) is 6.61 Å². The topological polar surface area (TPSA) is 119 Å². The third-order valence-electron chi connectivity index (χ3n) is 10.0. The van der Waals surface area contributed by atoms with E-state index >= 15 is 0 Å². The van der Waals surface area contributed by atoms with Gasteiger partial charge in [-0.05, 0) is 38.5 Å². The fraction of sp³-hybridized carbons (Fsp3) is 0.909. The Kier molecular flexibility index (Phi) is 39.5. The van der Waals surface area contributed by atoms with E-state index < -0.39 is 32.5 Å². The summed E-state index contributed by atoms with van der Waals surface area (Å²) in [5, 5.41) is 0. The highest BCUT2D eigenvalue weighted by molar-refractivity contribution is 7.46. The van der Waals surface area contributed by atoms with E-state index in [9.17, 15) is 14.2 Å². The van der Waals surface area contributed by atoms with E-state index in [1.54, 1.807) is 0 Å². The first-order valence-electron chi connectivity index (χ1n) is 22.5. The molecule has 0 aromatic rings. The van der Waals surface area contributed by atoms with Crippen LogP contribution in [0.25, 0.3) is 0 Å². The molecule has 0 saturated heterocycles. The lowest BCUT2D eigenvalue weighted by Crippen LogP contribution is -2.29. The number of ether oxygens (including phenoxy) is 2. The lowest BCUT2D eigenvalue weighted by atomic mass is 10.0. The summed E-state index contributed by atoms with van der Waals surface area (Å²) in [5.41, 5.74) is 0. The van der Waals surface area contributed by atoms with Gasteiger partial charge in [0.25, 0.3) is 0 Å². The number of unbranched alkanes of at least 4 members (excludes halogenated alkanes) is 30. The summed E-state index contributed by atoms with van der Waals surface area (Å²) in [5.74, 6) is -0.890. The number of hydrogen-bond donors (Lipinski definition) is 2. The molecule has 0 unspecified atom stereocenters. The second-order valence-corrected chi connectivity index (χ2v) is 16.6. The van der Waals surface area contributed by atoms with Crippen molar-refractivity contribution in [2.45, 2.75) is 245 Å². The van der Waals surface area contributed by atoms with Crippen LogP contribution in [0.4, 0.5) is 0 Å². The van der Waals surface area contributed by atoms with Crippen molar-refractivity contribution in [3.05, 3.63) is 12.2 Å². The molecule has 2 N–H and O–H groups in total. The standard InChI is InChI=1S/C44H85O8P/c1-3-5-7-9-11-13-15-17-18-19-20-21-22-23-24-25-27-29-31-33-35-37-39-44(46)52-42(41-51-53(47,48)49)40-50-43(45)38-36-34-32-30-28-26-16-14-12-10-8-6-4-2/h26,28,42H,3-25,27,29-41H2,1-2H3,(H2,47,48,49)/b28-26+/t42-/m1/s1. The first kappa shape index (κ1) is 51.8. The molecule has 1 atom stereocenters. The fourth-order valence-electron chi connectivity index (χ4n) is 6.66. The molecule has 0 aromatic heterocycles. The minimum Gasteiger partial charge on any atom is -0.462 e. The zero-order chi connectivity index (χ0) is 38.9. The van der Waals surface area contributed by atoms with Crippen LogP contribution in [0.3, 0.4) is 0 Å². The van der Waals surface area contributed by atoms with E-state index in [-0.39, 0.29) is 19.4 Å². The van der Waals surface area contributed by atoms with Crippen LogP contribution in [0.5, 0.6) is 0 Å². The number of carbonyl (C=O) groups is 2. The van der Waals surface area contributed by atoms with Crippen LogP contribution in [-0.2, 0) is 28.2 Å². The monoisotopic (exact) mass is 773 g/mol. The van der Waals surface area contributed by atoms with E-state index in [4.69, 9.17) is 19.3 Å². The van der Waals surface area contributed by atoms with Crippen molar-refractivity contribution >= 4 is 19.8 Å². The molecule has 9 heteroatoms. The zero-order valence-corrected chi connectivity index (χ0v) is 35.6. The normalized spacial score (nSPS) is 12.5. The molecule has 0 radical (unpaired) electrons. The Morgan fingerprint density at radius 2 is 0.792 bits per heavy atom. The van der Waals surface area contributed by atoms with Crippen molar-refractivity contribution < 1.29 is 37.9 Å². The van der Waals surface area contributed by atoms with Crippen molar-refractivity contribution in [1.29, 1.82) is 0 Å². The van der Waals surface area contributed by atoms with Gasteiger partial charge in [0, 0.05) is 12.8 Å². The highest BCUT2D eigenvalue weighted by atomic mass is 31.2. The van der Waals surface area contributed by atoms with Gasteiger partial charge in [-0.2, -0.15) is 0 Å². The zero-order valence-electron chi connectivity index (χ0n) is 34.7. The Morgan fingerprint density at radius 1 is 0.472 bits per heavy atom. The van der Waals surface area contributed by atoms with Crippen LogP contribution in [0.2, 0.25) is 0 Å². The first-order valence-corrected chi connectivity index (χ1v) is 24.0. The molecular formula is C44H85O8P. The second-order valence-electron chi connectivity index (χ2n) is 15.4. The highest BCUT2D eigenvalue weighted by Crippen LogP contribution is 2.36. The van der Waals surface area contributed by atoms with Gasteiger partial charge < -0.3 is 19.3 Å². The summed E-state index contributed by atoms with van der Waals surface area (Å²) < 4.78 is 26.4. The molecule has 0 saturated carbocycles. The number of allylic oxidation sites excluding steroid dienone is 2. The molecule has 0 bridgehead atoms. The molecule has 0 rings (SSSR count). The van der Waals surface area contributed by atoms with E-state index in [1.807, 2.05) is 0 Å². The Hall–Kier alpha value is -1.21. The molecule has 0 aliphatic rings. The van der Waals surface area contributed by atoms with Gasteiger partial charge in [0.2, 0.25) is 0 Å². The Labute approximate surface area is 327 Å². The van der Waals surface area contributed by atoms with Gasteiger partial charge in [-0.15, -0.1) is 0 Å². The van der Waals surface area contributed by atoms with Crippen LogP contribution in [0.15, 0.2) is 12.2 Å². The minimum absolute atomic E-state index is 0.215. The average Bonchev–Trinajstić information content (AvgIpc) is 3.13. The number of esters is 2. The van der Waals surface area contributed by atoms with Gasteiger partial charge in [-0.3, -0.25) is 14.1 Å². The van der Waals surface area contributed by atoms with Gasteiger partial charge in [0.15, 0.2) is 6.10 Å². The maximum atomic E-state index is 12.4. The predicted molar refractivity (Wildman–Crippen MR) is 221 cm³/mol. The molecule has 0 fully saturated rings. The third kappa shape index (κ3) is 43.4. The molecule has 0 heterocycles. The number of rotatable bonds is 42. The molecule has 53 heavy (non-hydrogen) atoms. The maximum Gasteiger partial charge on any atom is 0.469 e. The smallest absolute Gasteiger partial charge is 0.462 e. The third-order valence-corrected chi connectivity index (χ3v) is 10.5. The highest BCUT2D eigenvalue weighted by Gasteiger charge is 2.22. The van der Waals surface area contributed by atoms with E-state index in [1.165, 1.54) is 161 Å². The van der Waals surface area contributed by atoms with E-state index in [0.717, 1.165) is 38.5 Å². The fourth-order valence-corrected chi connectivity index (χ4v) is 7.02. The summed E-state index contributed by atoms with van der Waals surface area (Å²) in [6, 6.07) is 0. The van der Waals surface area contributed by atoms with Crippen molar-refractivity contribution in [2.75, 3.05) is 13.2 Å². The first-order chi connectivity index (χ1) is 25.8. The quantitative estimate of drug-likeness (QED) is 0.0272. The van der Waals surface area contributed by atoms with E-state index in [0.29, 0.717) is 12.8 Å². The summed E-state index contributed by atoms with van der Waals surface area (Å²) in [6.45, 7) is 3.69. The van der Waals surface area contributed by atoms with Crippen molar-refractivity contribution in [2.24, 2.45) is 0 Å². The largest absolute Gasteiger partial charge is 0.469 e. The van der Waals surface area contributed by atoms with Gasteiger partial charge in [-0.1, -0.05) is 199 Å². The predicted octanol–water partition coefficient (Wildman–Crippen LogP) is 13.8. The molecular weight excluding hydrogens is 687 g/mol. The van der Waals surface area contributed by atoms with Gasteiger partial charge in [0.05, 0.1) is 6.61 Å². The molecule has 0 spiro atoms. The maximum absolute atomic E-state index is 12.4. The number of hydrogen-bond acceptors (Lipinski definition) is 6. The summed E-state index contributed by atoms with van der Waals surface area (Å²) in [4.78, 5) is 42.9. The Morgan fingerprint density at radius 3 is 1.17 bits per heavy atom. The Bertz CT molecular complexity index is 873. The van der Waals surface area contributed by atoms with Crippen LogP contribution < -0.4 is 0 Å². The van der Waals surface area contributed by atoms with E-state index in [2.05, 4.69) is 30.5 Å². The lowest BCUT2D eigenvalue weighted by Gasteiger charge is -2.18. The minimum atomic E-state index is -4.75. The Balaban J connectivity index is 3.81. The summed E-state index contributed by atoms with van der Waals surface area (Å²) >= 11 is 0. The lowest BCUT2D eigenvalue weighted by molar-refractivity contribution is -0.161. The number of phosphoric ester groups is 1. The van der Waals surface area contributed by atoms with Gasteiger partial charge >= 0.3 is 19.8 Å². The van der Waals surface area contributed by atoms with Crippen LogP contribution in [0, 0.1) is 0 Å². The second kappa shape index (κ2) is 40.5. The average molecular weight is 773 g/mol. The molecule has 0 aliphatic carbocycles. The van der Waals surface area contributed by atoms with Crippen molar-refractivity contribution in [3.63, 3.8) is 0 Å². The molecule has 314 valence electrons. The molecule has 0 amide bonds. The van der Waals surface area contributed by atoms with Crippen LogP contribution in [-0.4, -0.2) is 41.0 Å². The SMILES string of the molecule is CCCCCCCC/C=C/CCCCCC(=O)OC[C@H](COP(=O)(O)O)OC(=O)CCCCCCCCCCCCCCCCCCCCCCCC. The van der Waals surface area contributed by atoms with Crippen LogP contribution >= 0.6 is 7.82 Å². The summed E-state index contributed by atoms with van der Waals surface area (Å²) in [6.07, 6.45) is 45.2. The molecule has 8 nitrogen and oxygen atoms in total. The van der Waals surface area contributed by atoms with Crippen molar-refractivity contribution in [3.8, 4) is 0 Å².